The van der Waals surface area contributed by atoms with Gasteiger partial charge in [-0.25, -0.2) is 0 Å². The van der Waals surface area contributed by atoms with E-state index in [1.54, 1.807) is 6.92 Å². The van der Waals surface area contributed by atoms with Gasteiger partial charge in [-0.15, -0.1) is 12.4 Å². The summed E-state index contributed by atoms with van der Waals surface area (Å²) in [6.45, 7) is 3.42. The molecule has 1 aliphatic heterocycles. The second-order valence-electron chi connectivity index (χ2n) is 4.22. The molecule has 5 heteroatoms. The molecule has 1 aliphatic rings. The summed E-state index contributed by atoms with van der Waals surface area (Å²) < 4.78 is 0. The Morgan fingerprint density at radius 3 is 2.65 bits per heavy atom. The lowest BCUT2D eigenvalue weighted by atomic mass is 10.2. The van der Waals surface area contributed by atoms with E-state index in [0.717, 1.165) is 25.2 Å². The molecule has 17 heavy (non-hydrogen) atoms. The second kappa shape index (κ2) is 5.77. The van der Waals surface area contributed by atoms with Gasteiger partial charge in [-0.1, -0.05) is 0 Å². The summed E-state index contributed by atoms with van der Waals surface area (Å²) in [6.07, 6.45) is 1.00. The van der Waals surface area contributed by atoms with Crippen LogP contribution in [-0.4, -0.2) is 25.0 Å². The first-order valence-electron chi connectivity index (χ1n) is 5.53. The number of hydrogen-bond acceptors (Lipinski definition) is 3. The molecule has 1 saturated heterocycles. The van der Waals surface area contributed by atoms with E-state index in [1.807, 2.05) is 24.3 Å². The number of nitrogens with zero attached hydrogens (tertiary/aromatic N) is 1. The zero-order chi connectivity index (χ0) is 11.5. The minimum Gasteiger partial charge on any atom is -0.399 e. The minimum atomic E-state index is 0. The lowest BCUT2D eigenvalue weighted by molar-refractivity contribution is -0.119. The summed E-state index contributed by atoms with van der Waals surface area (Å²) in [5.74, 6) is 0.0455. The van der Waals surface area contributed by atoms with Crippen LogP contribution in [0.3, 0.4) is 0 Å². The third-order valence-corrected chi connectivity index (χ3v) is 2.85. The van der Waals surface area contributed by atoms with Crippen LogP contribution in [-0.2, 0) is 4.79 Å². The number of rotatable bonds is 2. The van der Waals surface area contributed by atoms with Crippen molar-refractivity contribution in [3.63, 3.8) is 0 Å². The molecular formula is C12H18ClN3O. The molecule has 0 unspecified atom stereocenters. The van der Waals surface area contributed by atoms with E-state index in [4.69, 9.17) is 5.73 Å². The van der Waals surface area contributed by atoms with Crippen LogP contribution in [0.25, 0.3) is 0 Å². The smallest absolute Gasteiger partial charge is 0.217 e. The molecule has 94 valence electrons. The van der Waals surface area contributed by atoms with Crippen molar-refractivity contribution in [3.05, 3.63) is 24.3 Å². The highest BCUT2D eigenvalue weighted by Crippen LogP contribution is 2.21. The average Bonchev–Trinajstić information content (AvgIpc) is 2.66. The maximum atomic E-state index is 10.9. The number of halogens is 1. The number of hydrogen-bond donors (Lipinski definition) is 2. The highest BCUT2D eigenvalue weighted by Gasteiger charge is 2.22. The van der Waals surface area contributed by atoms with Gasteiger partial charge in [-0.3, -0.25) is 4.79 Å². The number of carbonyl (C=O) groups excluding carboxylic acids is 1. The number of anilines is 2. The van der Waals surface area contributed by atoms with Crippen molar-refractivity contribution in [2.45, 2.75) is 19.4 Å². The zero-order valence-corrected chi connectivity index (χ0v) is 10.7. The third kappa shape index (κ3) is 3.53. The Balaban J connectivity index is 0.00000144. The molecule has 0 radical (unpaired) electrons. The van der Waals surface area contributed by atoms with E-state index >= 15 is 0 Å². The van der Waals surface area contributed by atoms with Crippen molar-refractivity contribution in [2.75, 3.05) is 23.7 Å². The second-order valence-corrected chi connectivity index (χ2v) is 4.22. The topological polar surface area (TPSA) is 58.4 Å². The van der Waals surface area contributed by atoms with Gasteiger partial charge in [-0.2, -0.15) is 0 Å². The van der Waals surface area contributed by atoms with E-state index in [-0.39, 0.29) is 24.4 Å². The van der Waals surface area contributed by atoms with Crippen molar-refractivity contribution >= 4 is 29.7 Å². The van der Waals surface area contributed by atoms with E-state index in [9.17, 15) is 4.79 Å². The fraction of sp³-hybridized carbons (Fsp3) is 0.417. The minimum absolute atomic E-state index is 0. The fourth-order valence-electron chi connectivity index (χ4n) is 2.09. The summed E-state index contributed by atoms with van der Waals surface area (Å²) in [6, 6.07) is 8.12. The molecule has 3 N–H and O–H groups in total. The van der Waals surface area contributed by atoms with Gasteiger partial charge in [0, 0.05) is 37.4 Å². The zero-order valence-electron chi connectivity index (χ0n) is 9.85. The lowest BCUT2D eigenvalue weighted by Crippen LogP contribution is -2.35. The fourth-order valence-corrected chi connectivity index (χ4v) is 2.09. The molecule has 0 aliphatic carbocycles. The largest absolute Gasteiger partial charge is 0.399 e. The Hall–Kier alpha value is -1.42. The van der Waals surface area contributed by atoms with Crippen LogP contribution in [0.15, 0.2) is 24.3 Å². The normalized spacial score (nSPS) is 18.6. The molecule has 1 aromatic rings. The molecule has 0 spiro atoms. The molecular weight excluding hydrogens is 238 g/mol. The molecule has 1 heterocycles. The third-order valence-electron chi connectivity index (χ3n) is 2.85. The molecule has 0 bridgehead atoms. The molecule has 1 amide bonds. The molecule has 1 fully saturated rings. The van der Waals surface area contributed by atoms with E-state index < -0.39 is 0 Å². The van der Waals surface area contributed by atoms with Crippen molar-refractivity contribution in [2.24, 2.45) is 0 Å². The Bertz CT molecular complexity index is 380. The van der Waals surface area contributed by atoms with Crippen LogP contribution in [0, 0.1) is 0 Å². The first kappa shape index (κ1) is 13.6. The number of nitrogens with two attached hydrogens (primary N) is 1. The van der Waals surface area contributed by atoms with Gasteiger partial charge in [0.1, 0.15) is 0 Å². The van der Waals surface area contributed by atoms with Crippen LogP contribution >= 0.6 is 12.4 Å². The predicted octanol–water partition coefficient (Wildman–Crippen LogP) is 1.41. The van der Waals surface area contributed by atoms with Crippen LogP contribution in [0.2, 0.25) is 0 Å². The van der Waals surface area contributed by atoms with Gasteiger partial charge in [0.05, 0.1) is 0 Å². The van der Waals surface area contributed by atoms with Crippen molar-refractivity contribution < 1.29 is 4.79 Å². The summed E-state index contributed by atoms with van der Waals surface area (Å²) in [5.41, 5.74) is 7.59. The molecule has 4 nitrogen and oxygen atoms in total. The number of benzene rings is 1. The Morgan fingerprint density at radius 1 is 1.41 bits per heavy atom. The first-order chi connectivity index (χ1) is 7.65. The summed E-state index contributed by atoms with van der Waals surface area (Å²) in [7, 11) is 0. The number of nitrogens with one attached hydrogen (secondary N) is 1. The van der Waals surface area contributed by atoms with Gasteiger partial charge in [0.15, 0.2) is 0 Å². The Labute approximate surface area is 108 Å². The molecule has 1 aromatic carbocycles. The van der Waals surface area contributed by atoms with Gasteiger partial charge >= 0.3 is 0 Å². The van der Waals surface area contributed by atoms with Gasteiger partial charge in [-0.05, 0) is 30.7 Å². The van der Waals surface area contributed by atoms with E-state index in [0.29, 0.717) is 0 Å². The summed E-state index contributed by atoms with van der Waals surface area (Å²) in [4.78, 5) is 13.2. The quantitative estimate of drug-likeness (QED) is 0.786. The van der Waals surface area contributed by atoms with Crippen LogP contribution in [0.4, 0.5) is 11.4 Å². The van der Waals surface area contributed by atoms with Gasteiger partial charge in [0.25, 0.3) is 0 Å². The summed E-state index contributed by atoms with van der Waals surface area (Å²) >= 11 is 0. The number of amides is 1. The highest BCUT2D eigenvalue weighted by atomic mass is 35.5. The highest BCUT2D eigenvalue weighted by molar-refractivity contribution is 5.85. The van der Waals surface area contributed by atoms with Gasteiger partial charge in [0.2, 0.25) is 5.91 Å². The summed E-state index contributed by atoms with van der Waals surface area (Å²) in [5, 5.41) is 2.95. The van der Waals surface area contributed by atoms with Crippen molar-refractivity contribution in [1.82, 2.24) is 5.32 Å². The van der Waals surface area contributed by atoms with Crippen molar-refractivity contribution in [1.29, 1.82) is 0 Å². The number of nitrogen functional groups attached to an aromatic ring is 1. The molecule has 2 rings (SSSR count). The molecule has 0 saturated carbocycles. The lowest BCUT2D eigenvalue weighted by Gasteiger charge is -2.18. The predicted molar refractivity (Wildman–Crippen MR) is 72.5 cm³/mol. The van der Waals surface area contributed by atoms with Gasteiger partial charge < -0.3 is 16.0 Å². The standard InChI is InChI=1S/C12H17N3O.ClH/c1-9(16)14-11-6-7-15(8-11)12-4-2-10(13)3-5-12;/h2-5,11H,6-8,13H2,1H3,(H,14,16);1H/t11-;/m1./s1. The Morgan fingerprint density at radius 2 is 2.06 bits per heavy atom. The first-order valence-corrected chi connectivity index (χ1v) is 5.53. The average molecular weight is 256 g/mol. The van der Waals surface area contributed by atoms with Crippen LogP contribution in [0.5, 0.6) is 0 Å². The number of carbonyl (C=O) groups is 1. The van der Waals surface area contributed by atoms with Crippen LogP contribution in [0.1, 0.15) is 13.3 Å². The SMILES string of the molecule is CC(=O)N[C@@H]1CCN(c2ccc(N)cc2)C1.Cl. The van der Waals surface area contributed by atoms with E-state index in [2.05, 4.69) is 10.2 Å². The Kier molecular flexibility index (Phi) is 4.63. The van der Waals surface area contributed by atoms with E-state index in [1.165, 1.54) is 5.69 Å². The molecule has 0 aromatic heterocycles. The van der Waals surface area contributed by atoms with Crippen molar-refractivity contribution in [3.8, 4) is 0 Å². The monoisotopic (exact) mass is 255 g/mol. The van der Waals surface area contributed by atoms with Crippen LogP contribution < -0.4 is 16.0 Å². The molecule has 1 atom stereocenters. The maximum Gasteiger partial charge on any atom is 0.217 e. The maximum absolute atomic E-state index is 10.9.